The molecule has 0 aliphatic heterocycles. The predicted molar refractivity (Wildman–Crippen MR) is 77.7 cm³/mol. The standard InChI is InChI=1S/C13H18Cl2N2O2/c1-8(5-6-18)16-13(19)17-9(2)11-4-3-10(14)7-12(11)15/h3-4,7-9,18H,5-6H2,1-2H3,(H2,16,17,19)/t8-,9?/m1/s1. The second kappa shape index (κ2) is 7.58. The van der Waals surface area contributed by atoms with Crippen LogP contribution >= 0.6 is 23.2 Å². The molecule has 0 spiro atoms. The summed E-state index contributed by atoms with van der Waals surface area (Å²) in [6, 6.07) is 4.55. The third kappa shape index (κ3) is 5.27. The van der Waals surface area contributed by atoms with Gasteiger partial charge in [-0.2, -0.15) is 0 Å². The van der Waals surface area contributed by atoms with Gasteiger partial charge in [0, 0.05) is 22.7 Å². The van der Waals surface area contributed by atoms with Crippen molar-refractivity contribution in [3.8, 4) is 0 Å². The van der Waals surface area contributed by atoms with Gasteiger partial charge in [0.1, 0.15) is 0 Å². The first kappa shape index (κ1) is 16.1. The Morgan fingerprint density at radius 3 is 2.58 bits per heavy atom. The van der Waals surface area contributed by atoms with Crippen LogP contribution in [-0.2, 0) is 0 Å². The molecule has 0 aliphatic rings. The molecule has 106 valence electrons. The number of carbonyl (C=O) groups is 1. The van der Waals surface area contributed by atoms with Crippen LogP contribution < -0.4 is 10.6 Å². The number of hydrogen-bond donors (Lipinski definition) is 3. The SMILES string of the molecule is CC(NC(=O)N[C@H](C)CCO)c1ccc(Cl)cc1Cl. The van der Waals surface area contributed by atoms with Gasteiger partial charge < -0.3 is 15.7 Å². The summed E-state index contributed by atoms with van der Waals surface area (Å²) in [4.78, 5) is 11.7. The summed E-state index contributed by atoms with van der Waals surface area (Å²) < 4.78 is 0. The molecule has 4 nitrogen and oxygen atoms in total. The smallest absolute Gasteiger partial charge is 0.315 e. The van der Waals surface area contributed by atoms with Crippen molar-refractivity contribution in [1.82, 2.24) is 10.6 Å². The summed E-state index contributed by atoms with van der Waals surface area (Å²) in [7, 11) is 0. The molecule has 1 rings (SSSR count). The zero-order chi connectivity index (χ0) is 14.4. The Morgan fingerprint density at radius 2 is 2.00 bits per heavy atom. The average Bonchev–Trinajstić information content (AvgIpc) is 2.28. The summed E-state index contributed by atoms with van der Waals surface area (Å²) >= 11 is 11.9. The summed E-state index contributed by atoms with van der Waals surface area (Å²) in [5.41, 5.74) is 0.802. The van der Waals surface area contributed by atoms with Gasteiger partial charge >= 0.3 is 6.03 Å². The van der Waals surface area contributed by atoms with E-state index in [1.165, 1.54) is 0 Å². The van der Waals surface area contributed by atoms with E-state index < -0.39 is 0 Å². The van der Waals surface area contributed by atoms with Crippen molar-refractivity contribution in [2.75, 3.05) is 6.61 Å². The number of nitrogens with one attached hydrogen (secondary N) is 2. The van der Waals surface area contributed by atoms with Crippen molar-refractivity contribution in [3.63, 3.8) is 0 Å². The molecule has 2 amide bonds. The average molecular weight is 305 g/mol. The molecular formula is C13H18Cl2N2O2. The monoisotopic (exact) mass is 304 g/mol. The van der Waals surface area contributed by atoms with E-state index in [2.05, 4.69) is 10.6 Å². The highest BCUT2D eigenvalue weighted by molar-refractivity contribution is 6.35. The number of carbonyl (C=O) groups excluding carboxylic acids is 1. The van der Waals surface area contributed by atoms with E-state index in [1.807, 2.05) is 13.8 Å². The normalized spacial score (nSPS) is 13.7. The van der Waals surface area contributed by atoms with E-state index in [1.54, 1.807) is 18.2 Å². The summed E-state index contributed by atoms with van der Waals surface area (Å²) in [5.74, 6) is 0. The van der Waals surface area contributed by atoms with E-state index in [9.17, 15) is 4.79 Å². The molecule has 0 bridgehead atoms. The molecule has 1 aromatic carbocycles. The quantitative estimate of drug-likeness (QED) is 0.782. The first-order valence-electron chi connectivity index (χ1n) is 6.07. The molecular weight excluding hydrogens is 287 g/mol. The minimum absolute atomic E-state index is 0.0417. The zero-order valence-corrected chi connectivity index (χ0v) is 12.4. The number of aliphatic hydroxyl groups is 1. The predicted octanol–water partition coefficient (Wildman–Crippen LogP) is 3.12. The highest BCUT2D eigenvalue weighted by atomic mass is 35.5. The largest absolute Gasteiger partial charge is 0.396 e. The van der Waals surface area contributed by atoms with Crippen LogP contribution in [0.1, 0.15) is 31.9 Å². The molecule has 19 heavy (non-hydrogen) atoms. The maximum atomic E-state index is 11.7. The van der Waals surface area contributed by atoms with Crippen molar-refractivity contribution in [2.24, 2.45) is 0 Å². The fourth-order valence-corrected chi connectivity index (χ4v) is 2.23. The van der Waals surface area contributed by atoms with E-state index in [-0.39, 0.29) is 24.7 Å². The topological polar surface area (TPSA) is 61.4 Å². The lowest BCUT2D eigenvalue weighted by Gasteiger charge is -2.19. The number of rotatable bonds is 5. The number of benzene rings is 1. The van der Waals surface area contributed by atoms with Gasteiger partial charge in [0.15, 0.2) is 0 Å². The van der Waals surface area contributed by atoms with E-state index in [0.29, 0.717) is 16.5 Å². The highest BCUT2D eigenvalue weighted by Gasteiger charge is 2.14. The Kier molecular flexibility index (Phi) is 6.42. The molecule has 0 heterocycles. The van der Waals surface area contributed by atoms with Crippen molar-refractivity contribution in [2.45, 2.75) is 32.4 Å². The molecule has 6 heteroatoms. The molecule has 0 aliphatic carbocycles. The number of urea groups is 1. The van der Waals surface area contributed by atoms with Crippen LogP contribution in [0.3, 0.4) is 0 Å². The molecule has 2 atom stereocenters. The first-order valence-corrected chi connectivity index (χ1v) is 6.82. The van der Waals surface area contributed by atoms with Crippen LogP contribution in [0, 0.1) is 0 Å². The molecule has 3 N–H and O–H groups in total. The van der Waals surface area contributed by atoms with Gasteiger partial charge in [-0.15, -0.1) is 0 Å². The maximum Gasteiger partial charge on any atom is 0.315 e. The third-order valence-corrected chi connectivity index (χ3v) is 3.28. The molecule has 0 saturated heterocycles. The Labute approximate surface area is 123 Å². The maximum absolute atomic E-state index is 11.7. The molecule has 0 saturated carbocycles. The van der Waals surface area contributed by atoms with Gasteiger partial charge in [0.25, 0.3) is 0 Å². The van der Waals surface area contributed by atoms with Gasteiger partial charge in [-0.25, -0.2) is 4.79 Å². The second-order valence-electron chi connectivity index (χ2n) is 4.42. The van der Waals surface area contributed by atoms with Crippen LogP contribution in [0.2, 0.25) is 10.0 Å². The van der Waals surface area contributed by atoms with E-state index >= 15 is 0 Å². The number of amides is 2. The zero-order valence-electron chi connectivity index (χ0n) is 10.9. The van der Waals surface area contributed by atoms with Crippen LogP contribution in [0.25, 0.3) is 0 Å². The number of hydrogen-bond acceptors (Lipinski definition) is 2. The second-order valence-corrected chi connectivity index (χ2v) is 5.26. The lowest BCUT2D eigenvalue weighted by atomic mass is 10.1. The van der Waals surface area contributed by atoms with Gasteiger partial charge in [-0.05, 0) is 38.0 Å². The molecule has 0 aromatic heterocycles. The summed E-state index contributed by atoms with van der Waals surface area (Å²) in [5, 5.41) is 15.4. The van der Waals surface area contributed by atoms with Gasteiger partial charge in [0.05, 0.1) is 6.04 Å². The fraction of sp³-hybridized carbons (Fsp3) is 0.462. The molecule has 0 radical (unpaired) electrons. The van der Waals surface area contributed by atoms with Crippen molar-refractivity contribution in [3.05, 3.63) is 33.8 Å². The van der Waals surface area contributed by atoms with E-state index in [4.69, 9.17) is 28.3 Å². The van der Waals surface area contributed by atoms with Crippen molar-refractivity contribution >= 4 is 29.2 Å². The minimum atomic E-state index is -0.292. The van der Waals surface area contributed by atoms with E-state index in [0.717, 1.165) is 5.56 Å². The van der Waals surface area contributed by atoms with Crippen molar-refractivity contribution in [1.29, 1.82) is 0 Å². The lowest BCUT2D eigenvalue weighted by molar-refractivity contribution is 0.228. The van der Waals surface area contributed by atoms with Crippen LogP contribution in [-0.4, -0.2) is 23.8 Å². The number of aliphatic hydroxyl groups excluding tert-OH is 1. The van der Waals surface area contributed by atoms with Gasteiger partial charge in [0.2, 0.25) is 0 Å². The van der Waals surface area contributed by atoms with Crippen LogP contribution in [0.15, 0.2) is 18.2 Å². The van der Waals surface area contributed by atoms with Crippen LogP contribution in [0.4, 0.5) is 4.79 Å². The lowest BCUT2D eigenvalue weighted by Crippen LogP contribution is -2.42. The molecule has 1 aromatic rings. The Bertz CT molecular complexity index is 441. The van der Waals surface area contributed by atoms with Gasteiger partial charge in [-0.1, -0.05) is 29.3 Å². The minimum Gasteiger partial charge on any atom is -0.396 e. The third-order valence-electron chi connectivity index (χ3n) is 2.72. The number of halogens is 2. The van der Waals surface area contributed by atoms with Gasteiger partial charge in [-0.3, -0.25) is 0 Å². The summed E-state index contributed by atoms with van der Waals surface area (Å²) in [6.45, 7) is 3.71. The van der Waals surface area contributed by atoms with Crippen LogP contribution in [0.5, 0.6) is 0 Å². The first-order chi connectivity index (χ1) is 8.93. The summed E-state index contributed by atoms with van der Waals surface area (Å²) in [6.07, 6.45) is 0.517. The Hall–Kier alpha value is -0.970. The fourth-order valence-electron chi connectivity index (χ4n) is 1.66. The highest BCUT2D eigenvalue weighted by Crippen LogP contribution is 2.25. The Balaban J connectivity index is 2.59. The Morgan fingerprint density at radius 1 is 1.32 bits per heavy atom. The molecule has 1 unspecified atom stereocenters. The molecule has 0 fully saturated rings. The van der Waals surface area contributed by atoms with Crippen molar-refractivity contribution < 1.29 is 9.90 Å².